The van der Waals surface area contributed by atoms with Gasteiger partial charge in [0.1, 0.15) is 0 Å². The van der Waals surface area contributed by atoms with Crippen molar-refractivity contribution < 1.29 is 19.2 Å². The van der Waals surface area contributed by atoms with E-state index in [2.05, 4.69) is 5.32 Å². The van der Waals surface area contributed by atoms with Crippen molar-refractivity contribution >= 4 is 40.5 Å². The molecule has 0 spiro atoms. The lowest BCUT2D eigenvalue weighted by atomic mass is 10.2. The number of benzene rings is 2. The van der Waals surface area contributed by atoms with Crippen LogP contribution in [0.4, 0.5) is 11.4 Å². The van der Waals surface area contributed by atoms with Crippen LogP contribution in [-0.4, -0.2) is 24.0 Å². The largest absolute Gasteiger partial charge is 0.493 e. The average molecular weight is 385 g/mol. The Morgan fingerprint density at radius 3 is 2.56 bits per heavy atom. The van der Waals surface area contributed by atoms with Crippen LogP contribution in [0.2, 0.25) is 10.0 Å². The minimum Gasteiger partial charge on any atom is -0.493 e. The van der Waals surface area contributed by atoms with Crippen molar-refractivity contribution in [1.82, 2.24) is 0 Å². The molecule has 0 bridgehead atoms. The summed E-state index contributed by atoms with van der Waals surface area (Å²) in [5, 5.41) is 14.2. The summed E-state index contributed by atoms with van der Waals surface area (Å²) in [4.78, 5) is 22.6. The number of carbonyl (C=O) groups is 1. The molecule has 2 rings (SSSR count). The highest BCUT2D eigenvalue weighted by molar-refractivity contribution is 6.35. The van der Waals surface area contributed by atoms with Crippen LogP contribution in [0.25, 0.3) is 0 Å². The SMILES string of the molecule is COc1ccc([N+](=O)[O-])cc1O[C@H](C)C(=O)Nc1cc(Cl)ccc1Cl. The Kier molecular flexibility index (Phi) is 6.06. The number of nitro groups is 1. The lowest BCUT2D eigenvalue weighted by molar-refractivity contribution is -0.385. The van der Waals surface area contributed by atoms with Gasteiger partial charge in [-0.05, 0) is 31.2 Å². The van der Waals surface area contributed by atoms with E-state index >= 15 is 0 Å². The van der Waals surface area contributed by atoms with E-state index in [0.717, 1.165) is 0 Å². The standard InChI is InChI=1S/C16H14Cl2N2O5/c1-9(16(21)19-13-7-10(17)3-5-12(13)18)25-15-8-11(20(22)23)4-6-14(15)24-2/h3-9H,1-2H3,(H,19,21)/t9-/m1/s1. The Morgan fingerprint density at radius 1 is 1.20 bits per heavy atom. The van der Waals surface area contributed by atoms with Crippen LogP contribution >= 0.6 is 23.2 Å². The molecule has 2 aromatic carbocycles. The summed E-state index contributed by atoms with van der Waals surface area (Å²) in [6.07, 6.45) is -0.967. The molecule has 0 aromatic heterocycles. The van der Waals surface area contributed by atoms with E-state index in [4.69, 9.17) is 32.7 Å². The second kappa shape index (κ2) is 8.04. The fourth-order valence-electron chi connectivity index (χ4n) is 1.94. The first-order valence-corrected chi connectivity index (χ1v) is 7.82. The third-order valence-corrected chi connectivity index (χ3v) is 3.78. The number of hydrogen-bond donors (Lipinski definition) is 1. The van der Waals surface area contributed by atoms with Gasteiger partial charge >= 0.3 is 0 Å². The molecule has 25 heavy (non-hydrogen) atoms. The van der Waals surface area contributed by atoms with Crippen LogP contribution in [0.3, 0.4) is 0 Å². The molecule has 1 N–H and O–H groups in total. The number of anilines is 1. The molecule has 0 radical (unpaired) electrons. The van der Waals surface area contributed by atoms with Crippen molar-refractivity contribution in [3.63, 3.8) is 0 Å². The number of amides is 1. The minimum atomic E-state index is -0.967. The monoisotopic (exact) mass is 384 g/mol. The summed E-state index contributed by atoms with van der Waals surface area (Å²) < 4.78 is 10.6. The van der Waals surface area contributed by atoms with E-state index < -0.39 is 16.9 Å². The first kappa shape index (κ1) is 18.8. The number of hydrogen-bond acceptors (Lipinski definition) is 5. The molecule has 0 aliphatic carbocycles. The lowest BCUT2D eigenvalue weighted by Gasteiger charge is -2.17. The minimum absolute atomic E-state index is 0.0801. The molecule has 0 aliphatic rings. The zero-order chi connectivity index (χ0) is 18.6. The summed E-state index contributed by atoms with van der Waals surface area (Å²) in [5.74, 6) is -0.152. The third kappa shape index (κ3) is 4.74. The summed E-state index contributed by atoms with van der Waals surface area (Å²) in [7, 11) is 1.39. The smallest absolute Gasteiger partial charge is 0.273 e. The molecule has 1 amide bonds. The molecule has 132 valence electrons. The van der Waals surface area contributed by atoms with E-state index in [9.17, 15) is 14.9 Å². The van der Waals surface area contributed by atoms with E-state index in [1.165, 1.54) is 38.3 Å². The second-order valence-corrected chi connectivity index (χ2v) is 5.81. The van der Waals surface area contributed by atoms with Gasteiger partial charge < -0.3 is 14.8 Å². The van der Waals surface area contributed by atoms with Gasteiger partial charge in [-0.1, -0.05) is 23.2 Å². The zero-order valence-corrected chi connectivity index (χ0v) is 14.8. The number of nitro benzene ring substituents is 1. The maximum atomic E-state index is 12.3. The Labute approximate surface area is 153 Å². The first-order chi connectivity index (χ1) is 11.8. The fourth-order valence-corrected chi connectivity index (χ4v) is 2.28. The van der Waals surface area contributed by atoms with Crippen molar-refractivity contribution in [3.05, 3.63) is 56.6 Å². The molecule has 2 aromatic rings. The highest BCUT2D eigenvalue weighted by atomic mass is 35.5. The average Bonchev–Trinajstić information content (AvgIpc) is 2.57. The number of halogens is 2. The van der Waals surface area contributed by atoms with Crippen LogP contribution in [0, 0.1) is 10.1 Å². The highest BCUT2D eigenvalue weighted by Gasteiger charge is 2.20. The van der Waals surface area contributed by atoms with E-state index in [1.54, 1.807) is 12.1 Å². The van der Waals surface area contributed by atoms with Gasteiger partial charge in [0.15, 0.2) is 17.6 Å². The van der Waals surface area contributed by atoms with Gasteiger partial charge in [0.2, 0.25) is 0 Å². The van der Waals surface area contributed by atoms with Crippen molar-refractivity contribution in [2.24, 2.45) is 0 Å². The van der Waals surface area contributed by atoms with Crippen molar-refractivity contribution in [2.75, 3.05) is 12.4 Å². The lowest BCUT2D eigenvalue weighted by Crippen LogP contribution is -2.30. The molecular weight excluding hydrogens is 371 g/mol. The quantitative estimate of drug-likeness (QED) is 0.591. The number of rotatable bonds is 6. The normalized spacial score (nSPS) is 11.5. The van der Waals surface area contributed by atoms with Crippen molar-refractivity contribution in [1.29, 1.82) is 0 Å². The number of nitrogens with one attached hydrogen (secondary N) is 1. The number of ether oxygens (including phenoxy) is 2. The second-order valence-electron chi connectivity index (χ2n) is 4.97. The van der Waals surface area contributed by atoms with Crippen molar-refractivity contribution in [3.8, 4) is 11.5 Å². The summed E-state index contributed by atoms with van der Waals surface area (Å²) >= 11 is 11.9. The van der Waals surface area contributed by atoms with Crippen LogP contribution in [0.15, 0.2) is 36.4 Å². The van der Waals surface area contributed by atoms with E-state index in [1.807, 2.05) is 0 Å². The van der Waals surface area contributed by atoms with Gasteiger partial charge in [-0.3, -0.25) is 14.9 Å². The van der Waals surface area contributed by atoms with Crippen LogP contribution in [0.1, 0.15) is 6.92 Å². The molecule has 0 heterocycles. The van der Waals surface area contributed by atoms with Gasteiger partial charge in [0.05, 0.1) is 28.8 Å². The molecule has 0 aliphatic heterocycles. The van der Waals surface area contributed by atoms with E-state index in [-0.39, 0.29) is 17.2 Å². The Hall–Kier alpha value is -2.51. The Balaban J connectivity index is 2.17. The topological polar surface area (TPSA) is 90.7 Å². The van der Waals surface area contributed by atoms with Gasteiger partial charge in [-0.2, -0.15) is 0 Å². The molecule has 0 saturated carbocycles. The number of carbonyl (C=O) groups excluding carboxylic acids is 1. The number of nitrogens with zero attached hydrogens (tertiary/aromatic N) is 1. The van der Waals surface area contributed by atoms with Crippen LogP contribution < -0.4 is 14.8 Å². The van der Waals surface area contributed by atoms with Gasteiger partial charge in [0, 0.05) is 11.1 Å². The summed E-state index contributed by atoms with van der Waals surface area (Å²) in [6, 6.07) is 8.51. The molecule has 9 heteroatoms. The number of non-ortho nitro benzene ring substituents is 1. The molecule has 0 fully saturated rings. The maximum Gasteiger partial charge on any atom is 0.273 e. The van der Waals surface area contributed by atoms with E-state index in [0.29, 0.717) is 15.7 Å². The number of methoxy groups -OCH3 is 1. The highest BCUT2D eigenvalue weighted by Crippen LogP contribution is 2.32. The predicted molar refractivity (Wildman–Crippen MR) is 94.8 cm³/mol. The maximum absolute atomic E-state index is 12.3. The van der Waals surface area contributed by atoms with Gasteiger partial charge in [-0.25, -0.2) is 0 Å². The predicted octanol–water partition coefficient (Wildman–Crippen LogP) is 4.32. The fraction of sp³-hybridized carbons (Fsp3) is 0.188. The molecular formula is C16H14Cl2N2O5. The molecule has 7 nitrogen and oxygen atoms in total. The first-order valence-electron chi connectivity index (χ1n) is 7.07. The van der Waals surface area contributed by atoms with Gasteiger partial charge in [-0.15, -0.1) is 0 Å². The Bertz CT molecular complexity index is 813. The summed E-state index contributed by atoms with van der Waals surface area (Å²) in [5.41, 5.74) is 0.155. The zero-order valence-electron chi connectivity index (χ0n) is 13.3. The molecule has 0 unspecified atom stereocenters. The third-order valence-electron chi connectivity index (χ3n) is 3.22. The van der Waals surface area contributed by atoms with Crippen LogP contribution in [-0.2, 0) is 4.79 Å². The van der Waals surface area contributed by atoms with Crippen molar-refractivity contribution in [2.45, 2.75) is 13.0 Å². The van der Waals surface area contributed by atoms with Gasteiger partial charge in [0.25, 0.3) is 11.6 Å². The van der Waals surface area contributed by atoms with Crippen LogP contribution in [0.5, 0.6) is 11.5 Å². The molecule has 1 atom stereocenters. The summed E-state index contributed by atoms with van der Waals surface area (Å²) in [6.45, 7) is 1.49. The molecule has 0 saturated heterocycles. The Morgan fingerprint density at radius 2 is 1.92 bits per heavy atom.